The zero-order chi connectivity index (χ0) is 13.7. The molecule has 0 spiro atoms. The second kappa shape index (κ2) is 5.82. The Balaban J connectivity index is 1.97. The Morgan fingerprint density at radius 2 is 1.95 bits per heavy atom. The molecule has 1 aromatic carbocycles. The van der Waals surface area contributed by atoms with Crippen LogP contribution in [0.3, 0.4) is 0 Å². The molecule has 3 N–H and O–H groups in total. The van der Waals surface area contributed by atoms with Gasteiger partial charge in [0.1, 0.15) is 5.82 Å². The molecule has 0 aliphatic carbocycles. The molecule has 1 amide bonds. The lowest BCUT2D eigenvalue weighted by molar-refractivity contribution is -0.111. The van der Waals surface area contributed by atoms with Gasteiger partial charge in [-0.15, -0.1) is 0 Å². The fraction of sp³-hybridized carbons (Fsp3) is 0.0667. The van der Waals surface area contributed by atoms with Crippen LogP contribution in [0.4, 0.5) is 11.5 Å². The highest BCUT2D eigenvalue weighted by molar-refractivity contribution is 6.01. The molecule has 0 fully saturated rings. The van der Waals surface area contributed by atoms with Crippen molar-refractivity contribution in [2.75, 3.05) is 11.1 Å². The highest BCUT2D eigenvalue weighted by Crippen LogP contribution is 2.08. The number of rotatable bonds is 3. The molecule has 0 unspecified atom stereocenters. The highest BCUT2D eigenvalue weighted by Gasteiger charge is 1.98. The number of carbonyl (C=O) groups is 1. The van der Waals surface area contributed by atoms with Gasteiger partial charge in [-0.1, -0.05) is 18.2 Å². The maximum atomic E-state index is 11.7. The number of amides is 1. The summed E-state index contributed by atoms with van der Waals surface area (Å²) in [7, 11) is 0. The van der Waals surface area contributed by atoms with Gasteiger partial charge in [-0.3, -0.25) is 4.79 Å². The second-order valence-electron chi connectivity index (χ2n) is 4.21. The van der Waals surface area contributed by atoms with E-state index < -0.39 is 0 Å². The number of aromatic nitrogens is 1. The molecule has 0 saturated heterocycles. The van der Waals surface area contributed by atoms with Crippen molar-refractivity contribution in [3.05, 3.63) is 59.8 Å². The van der Waals surface area contributed by atoms with Crippen molar-refractivity contribution in [2.24, 2.45) is 0 Å². The average molecular weight is 253 g/mol. The molecule has 0 aliphatic heterocycles. The van der Waals surface area contributed by atoms with Crippen LogP contribution >= 0.6 is 0 Å². The van der Waals surface area contributed by atoms with Crippen LogP contribution in [-0.2, 0) is 4.79 Å². The normalized spacial score (nSPS) is 10.6. The Bertz CT molecular complexity index is 586. The van der Waals surface area contributed by atoms with Crippen LogP contribution in [0, 0.1) is 6.92 Å². The van der Waals surface area contributed by atoms with Gasteiger partial charge in [-0.2, -0.15) is 0 Å². The van der Waals surface area contributed by atoms with Crippen LogP contribution in [-0.4, -0.2) is 10.9 Å². The van der Waals surface area contributed by atoms with Crippen molar-refractivity contribution < 1.29 is 4.79 Å². The number of pyridine rings is 1. The molecular formula is C15H15N3O. The van der Waals surface area contributed by atoms with Crippen LogP contribution in [0.15, 0.2) is 48.7 Å². The first-order chi connectivity index (χ1) is 9.13. The maximum Gasteiger partial charge on any atom is 0.249 e. The first-order valence-corrected chi connectivity index (χ1v) is 5.91. The molecule has 0 atom stereocenters. The minimum absolute atomic E-state index is 0.215. The molecular weight excluding hydrogens is 238 g/mol. The van der Waals surface area contributed by atoms with Crippen LogP contribution in [0.25, 0.3) is 6.08 Å². The van der Waals surface area contributed by atoms with Gasteiger partial charge in [0.2, 0.25) is 5.91 Å². The molecule has 96 valence electrons. The van der Waals surface area contributed by atoms with Gasteiger partial charge in [-0.25, -0.2) is 4.98 Å². The number of anilines is 2. The molecule has 2 rings (SSSR count). The van der Waals surface area contributed by atoms with E-state index in [1.165, 1.54) is 6.08 Å². The van der Waals surface area contributed by atoms with E-state index in [0.717, 1.165) is 11.1 Å². The van der Waals surface area contributed by atoms with Crippen LogP contribution in [0.2, 0.25) is 0 Å². The lowest BCUT2D eigenvalue weighted by Gasteiger charge is -2.01. The van der Waals surface area contributed by atoms with Crippen LogP contribution in [0.5, 0.6) is 0 Å². The first kappa shape index (κ1) is 12.8. The fourth-order valence-corrected chi connectivity index (χ4v) is 1.49. The smallest absolute Gasteiger partial charge is 0.249 e. The molecule has 1 aromatic heterocycles. The van der Waals surface area contributed by atoms with Gasteiger partial charge in [0.05, 0.1) is 0 Å². The number of benzene rings is 1. The van der Waals surface area contributed by atoms with Crippen molar-refractivity contribution in [2.45, 2.75) is 6.92 Å². The highest BCUT2D eigenvalue weighted by atomic mass is 16.1. The molecule has 19 heavy (non-hydrogen) atoms. The van der Waals surface area contributed by atoms with Gasteiger partial charge < -0.3 is 11.1 Å². The minimum Gasteiger partial charge on any atom is -0.399 e. The monoisotopic (exact) mass is 253 g/mol. The lowest BCUT2D eigenvalue weighted by atomic mass is 10.2. The van der Waals surface area contributed by atoms with E-state index in [4.69, 9.17) is 5.73 Å². The summed E-state index contributed by atoms with van der Waals surface area (Å²) in [4.78, 5) is 15.8. The molecule has 4 nitrogen and oxygen atoms in total. The van der Waals surface area contributed by atoms with Crippen molar-refractivity contribution in [3.63, 3.8) is 0 Å². The van der Waals surface area contributed by atoms with E-state index in [0.29, 0.717) is 11.5 Å². The maximum absolute atomic E-state index is 11.7. The van der Waals surface area contributed by atoms with E-state index in [2.05, 4.69) is 10.3 Å². The Morgan fingerprint density at radius 3 is 2.58 bits per heavy atom. The summed E-state index contributed by atoms with van der Waals surface area (Å²) < 4.78 is 0. The zero-order valence-electron chi connectivity index (χ0n) is 10.6. The number of carbonyl (C=O) groups excluding carboxylic acids is 1. The Labute approximate surface area is 112 Å². The summed E-state index contributed by atoms with van der Waals surface area (Å²) >= 11 is 0. The third-order valence-corrected chi connectivity index (χ3v) is 2.53. The fourth-order valence-electron chi connectivity index (χ4n) is 1.49. The van der Waals surface area contributed by atoms with E-state index in [1.807, 2.05) is 25.1 Å². The quantitative estimate of drug-likeness (QED) is 0.652. The number of hydrogen-bond donors (Lipinski definition) is 2. The molecule has 2 aromatic rings. The van der Waals surface area contributed by atoms with Gasteiger partial charge >= 0.3 is 0 Å². The summed E-state index contributed by atoms with van der Waals surface area (Å²) in [5.41, 5.74) is 8.25. The molecule has 0 aliphatic rings. The van der Waals surface area contributed by atoms with Crippen molar-refractivity contribution >= 4 is 23.5 Å². The van der Waals surface area contributed by atoms with Crippen molar-refractivity contribution in [3.8, 4) is 0 Å². The van der Waals surface area contributed by atoms with Gasteiger partial charge in [0, 0.05) is 18.0 Å². The summed E-state index contributed by atoms with van der Waals surface area (Å²) in [6, 6.07) is 10.9. The topological polar surface area (TPSA) is 68.0 Å². The predicted molar refractivity (Wildman–Crippen MR) is 77.5 cm³/mol. The number of nitrogens with two attached hydrogens (primary N) is 1. The zero-order valence-corrected chi connectivity index (χ0v) is 10.6. The summed E-state index contributed by atoms with van der Waals surface area (Å²) in [6.45, 7) is 1.94. The van der Waals surface area contributed by atoms with E-state index in [1.54, 1.807) is 30.5 Å². The van der Waals surface area contributed by atoms with Gasteiger partial charge in [0.25, 0.3) is 0 Å². The predicted octanol–water partition coefficient (Wildman–Crippen LogP) is 2.62. The third-order valence-electron chi connectivity index (χ3n) is 2.53. The van der Waals surface area contributed by atoms with Gasteiger partial charge in [-0.05, 0) is 42.3 Å². The van der Waals surface area contributed by atoms with Crippen molar-refractivity contribution in [1.29, 1.82) is 0 Å². The van der Waals surface area contributed by atoms with E-state index >= 15 is 0 Å². The molecule has 0 bridgehead atoms. The number of aryl methyl sites for hydroxylation is 1. The molecule has 0 saturated carbocycles. The summed E-state index contributed by atoms with van der Waals surface area (Å²) in [5, 5.41) is 2.69. The SMILES string of the molecule is Cc1ccc(NC(=O)/C=C/c2ccc(N)cc2)nc1. The molecule has 1 heterocycles. The minimum atomic E-state index is -0.215. The number of hydrogen-bond acceptors (Lipinski definition) is 3. The number of nitrogens with one attached hydrogen (secondary N) is 1. The average Bonchev–Trinajstić information content (AvgIpc) is 2.41. The Hall–Kier alpha value is -2.62. The standard InChI is InChI=1S/C15H15N3O/c1-11-2-8-14(17-10-11)18-15(19)9-5-12-3-6-13(16)7-4-12/h2-10H,16H2,1H3,(H,17,18,19)/b9-5+. The van der Waals surface area contributed by atoms with Crippen LogP contribution in [0.1, 0.15) is 11.1 Å². The Morgan fingerprint density at radius 1 is 1.21 bits per heavy atom. The first-order valence-electron chi connectivity index (χ1n) is 5.91. The summed E-state index contributed by atoms with van der Waals surface area (Å²) in [5.74, 6) is 0.325. The van der Waals surface area contributed by atoms with Crippen molar-refractivity contribution in [1.82, 2.24) is 4.98 Å². The summed E-state index contributed by atoms with van der Waals surface area (Å²) in [6.07, 6.45) is 4.90. The van der Waals surface area contributed by atoms with E-state index in [-0.39, 0.29) is 5.91 Å². The van der Waals surface area contributed by atoms with Gasteiger partial charge in [0.15, 0.2) is 0 Å². The van der Waals surface area contributed by atoms with Crippen LogP contribution < -0.4 is 11.1 Å². The lowest BCUT2D eigenvalue weighted by Crippen LogP contribution is -2.08. The number of nitrogens with zero attached hydrogens (tertiary/aromatic N) is 1. The van der Waals surface area contributed by atoms with E-state index in [9.17, 15) is 4.79 Å². The molecule has 0 radical (unpaired) electrons. The molecule has 4 heteroatoms. The second-order valence-corrected chi connectivity index (χ2v) is 4.21. The Kier molecular flexibility index (Phi) is 3.93. The largest absolute Gasteiger partial charge is 0.399 e. The third kappa shape index (κ3) is 3.96. The number of nitrogen functional groups attached to an aromatic ring is 1.